The van der Waals surface area contributed by atoms with E-state index in [4.69, 9.17) is 5.73 Å². The minimum absolute atomic E-state index is 0.00709. The molecule has 3 rings (SSSR count). The van der Waals surface area contributed by atoms with Gasteiger partial charge in [-0.15, -0.1) is 0 Å². The van der Waals surface area contributed by atoms with Gasteiger partial charge in [-0.2, -0.15) is 5.26 Å². The maximum Gasteiger partial charge on any atom is 0.177 e. The number of rotatable bonds is 3. The molecule has 1 aliphatic rings. The van der Waals surface area contributed by atoms with Crippen molar-refractivity contribution in [2.24, 2.45) is 5.73 Å². The summed E-state index contributed by atoms with van der Waals surface area (Å²) in [6.45, 7) is 0. The van der Waals surface area contributed by atoms with E-state index in [-0.39, 0.29) is 17.0 Å². The van der Waals surface area contributed by atoms with Gasteiger partial charge in [0.05, 0.1) is 21.9 Å². The van der Waals surface area contributed by atoms with E-state index >= 15 is 0 Å². The van der Waals surface area contributed by atoms with Crippen LogP contribution in [-0.2, 0) is 0 Å². The van der Waals surface area contributed by atoms with Crippen LogP contribution in [0.3, 0.4) is 0 Å². The van der Waals surface area contributed by atoms with Crippen molar-refractivity contribution < 1.29 is 4.79 Å². The fourth-order valence-electron chi connectivity index (χ4n) is 2.67. The highest BCUT2D eigenvalue weighted by Gasteiger charge is 2.40. The number of ketones is 1. The molecule has 3 nitrogen and oxygen atoms in total. The van der Waals surface area contributed by atoms with E-state index < -0.39 is 0 Å². The van der Waals surface area contributed by atoms with Gasteiger partial charge < -0.3 is 5.73 Å². The largest absolute Gasteiger partial charge is 0.393 e. The number of benzene rings is 2. The van der Waals surface area contributed by atoms with E-state index in [9.17, 15) is 10.1 Å². The Hall–Kier alpha value is -2.51. The standard InChI is InChI=1S/C18H14N2OS/c19-11-14-15(12-7-3-1-4-8-12)17(22-18(14)20)16(21)13-9-5-2-6-10-13/h1-10,15,17H,20H2/t15-,17-/m1/s1. The van der Waals surface area contributed by atoms with E-state index in [1.54, 1.807) is 12.1 Å². The summed E-state index contributed by atoms with van der Waals surface area (Å²) in [6, 6.07) is 20.9. The Morgan fingerprint density at radius 1 is 1.05 bits per heavy atom. The topological polar surface area (TPSA) is 66.9 Å². The second-order valence-electron chi connectivity index (χ2n) is 5.05. The second kappa shape index (κ2) is 6.08. The molecule has 2 N–H and O–H groups in total. The summed E-state index contributed by atoms with van der Waals surface area (Å²) in [6.07, 6.45) is 0. The number of hydrogen-bond acceptors (Lipinski definition) is 4. The minimum atomic E-state index is -0.389. The number of allylic oxidation sites excluding steroid dienone is 1. The van der Waals surface area contributed by atoms with Crippen LogP contribution in [0.2, 0.25) is 0 Å². The Kier molecular flexibility index (Phi) is 3.99. The van der Waals surface area contributed by atoms with Crippen molar-refractivity contribution in [3.63, 3.8) is 0 Å². The number of nitrogens with zero attached hydrogens (tertiary/aromatic N) is 1. The maximum atomic E-state index is 12.8. The molecule has 22 heavy (non-hydrogen) atoms. The first-order valence-corrected chi connectivity index (χ1v) is 7.81. The van der Waals surface area contributed by atoms with Gasteiger partial charge in [-0.3, -0.25) is 4.79 Å². The lowest BCUT2D eigenvalue weighted by atomic mass is 9.86. The molecule has 0 spiro atoms. The molecule has 0 bridgehead atoms. The lowest BCUT2D eigenvalue weighted by Crippen LogP contribution is -2.23. The monoisotopic (exact) mass is 306 g/mol. The quantitative estimate of drug-likeness (QED) is 0.882. The first-order valence-electron chi connectivity index (χ1n) is 6.93. The Bertz CT molecular complexity index is 763. The first kappa shape index (κ1) is 14.4. The number of Topliss-reactive ketones (excluding diaryl/α,β-unsaturated/α-hetero) is 1. The molecule has 0 saturated carbocycles. The zero-order valence-corrected chi connectivity index (χ0v) is 12.6. The zero-order chi connectivity index (χ0) is 15.5. The average molecular weight is 306 g/mol. The average Bonchev–Trinajstić information content (AvgIpc) is 2.92. The van der Waals surface area contributed by atoms with Crippen LogP contribution in [0.5, 0.6) is 0 Å². The van der Waals surface area contributed by atoms with Crippen LogP contribution in [0.4, 0.5) is 0 Å². The molecule has 0 saturated heterocycles. The smallest absolute Gasteiger partial charge is 0.177 e. The fourth-order valence-corrected chi connectivity index (χ4v) is 3.92. The molecule has 0 aliphatic carbocycles. The van der Waals surface area contributed by atoms with Crippen molar-refractivity contribution in [2.75, 3.05) is 0 Å². The van der Waals surface area contributed by atoms with Gasteiger partial charge in [-0.05, 0) is 5.56 Å². The number of carbonyl (C=O) groups is 1. The summed E-state index contributed by atoms with van der Waals surface area (Å²) in [5, 5.41) is 9.49. The van der Waals surface area contributed by atoms with Gasteiger partial charge in [0.25, 0.3) is 0 Å². The highest BCUT2D eigenvalue weighted by Crippen LogP contribution is 2.46. The highest BCUT2D eigenvalue weighted by molar-refractivity contribution is 8.04. The van der Waals surface area contributed by atoms with E-state index in [1.165, 1.54) is 11.8 Å². The third-order valence-electron chi connectivity index (χ3n) is 3.73. The third-order valence-corrected chi connectivity index (χ3v) is 4.94. The minimum Gasteiger partial charge on any atom is -0.393 e. The summed E-state index contributed by atoms with van der Waals surface area (Å²) < 4.78 is 0. The predicted octanol–water partition coefficient (Wildman–Crippen LogP) is 3.46. The van der Waals surface area contributed by atoms with Crippen molar-refractivity contribution >= 4 is 17.5 Å². The molecule has 0 unspecified atom stereocenters. The summed E-state index contributed by atoms with van der Waals surface area (Å²) >= 11 is 1.29. The number of thioether (sulfide) groups is 1. The van der Waals surface area contributed by atoms with Gasteiger partial charge >= 0.3 is 0 Å². The van der Waals surface area contributed by atoms with E-state index in [2.05, 4.69) is 6.07 Å². The lowest BCUT2D eigenvalue weighted by Gasteiger charge is -2.19. The Morgan fingerprint density at radius 3 is 2.23 bits per heavy atom. The van der Waals surface area contributed by atoms with Crippen molar-refractivity contribution in [2.45, 2.75) is 11.2 Å². The molecule has 0 aromatic heterocycles. The predicted molar refractivity (Wildman–Crippen MR) is 88.2 cm³/mol. The molecule has 0 amide bonds. The molecule has 108 valence electrons. The van der Waals surface area contributed by atoms with Crippen molar-refractivity contribution in [3.05, 3.63) is 82.4 Å². The van der Waals surface area contributed by atoms with Crippen molar-refractivity contribution in [3.8, 4) is 6.07 Å². The van der Waals surface area contributed by atoms with Gasteiger partial charge in [0, 0.05) is 11.5 Å². The number of nitriles is 1. The zero-order valence-electron chi connectivity index (χ0n) is 11.8. The van der Waals surface area contributed by atoms with E-state index in [0.717, 1.165) is 5.56 Å². The molecule has 2 aromatic carbocycles. The molecule has 1 aliphatic heterocycles. The molecule has 1 heterocycles. The Balaban J connectivity index is 2.02. The van der Waals surface area contributed by atoms with Gasteiger partial charge in [-0.1, -0.05) is 72.4 Å². The number of hydrogen-bond donors (Lipinski definition) is 1. The normalized spacial score (nSPS) is 20.7. The number of carbonyl (C=O) groups excluding carboxylic acids is 1. The Labute approximate surface area is 133 Å². The second-order valence-corrected chi connectivity index (χ2v) is 6.23. The van der Waals surface area contributed by atoms with Gasteiger partial charge in [0.1, 0.15) is 0 Å². The molecule has 4 heteroatoms. The molecular weight excluding hydrogens is 292 g/mol. The summed E-state index contributed by atoms with van der Waals surface area (Å²) in [5.74, 6) is -0.281. The van der Waals surface area contributed by atoms with Crippen LogP contribution in [-0.4, -0.2) is 11.0 Å². The van der Waals surface area contributed by atoms with Crippen molar-refractivity contribution in [1.29, 1.82) is 5.26 Å². The number of nitrogens with two attached hydrogens (primary N) is 1. The first-order chi connectivity index (χ1) is 10.7. The van der Waals surface area contributed by atoms with Gasteiger partial charge in [0.15, 0.2) is 5.78 Å². The molecule has 2 atom stereocenters. The summed E-state index contributed by atoms with van der Waals surface area (Å²) in [4.78, 5) is 12.8. The summed E-state index contributed by atoms with van der Waals surface area (Å²) in [5.41, 5.74) is 8.07. The van der Waals surface area contributed by atoms with Crippen LogP contribution >= 0.6 is 11.8 Å². The SMILES string of the molecule is N#CC1=C(N)S[C@@H](C(=O)c2ccccc2)[C@@H]1c1ccccc1. The summed E-state index contributed by atoms with van der Waals surface area (Å²) in [7, 11) is 0. The molecular formula is C18H14N2OS. The molecule has 2 aromatic rings. The molecule has 0 radical (unpaired) electrons. The van der Waals surface area contributed by atoms with Crippen LogP contribution in [0, 0.1) is 11.3 Å². The highest BCUT2D eigenvalue weighted by atomic mass is 32.2. The third kappa shape index (κ3) is 2.51. The van der Waals surface area contributed by atoms with Gasteiger partial charge in [0.2, 0.25) is 0 Å². The molecule has 0 fully saturated rings. The van der Waals surface area contributed by atoms with Crippen LogP contribution < -0.4 is 5.73 Å². The van der Waals surface area contributed by atoms with E-state index in [1.807, 2.05) is 48.5 Å². The van der Waals surface area contributed by atoms with Crippen molar-refractivity contribution in [1.82, 2.24) is 0 Å². The lowest BCUT2D eigenvalue weighted by molar-refractivity contribution is 0.0985. The van der Waals surface area contributed by atoms with Crippen LogP contribution in [0.1, 0.15) is 21.8 Å². The van der Waals surface area contributed by atoms with Gasteiger partial charge in [-0.25, -0.2) is 0 Å². The fraction of sp³-hybridized carbons (Fsp3) is 0.111. The van der Waals surface area contributed by atoms with Crippen LogP contribution in [0.25, 0.3) is 0 Å². The van der Waals surface area contributed by atoms with Crippen LogP contribution in [0.15, 0.2) is 71.3 Å². The maximum absolute atomic E-state index is 12.8. The van der Waals surface area contributed by atoms with E-state index in [0.29, 0.717) is 16.2 Å². The Morgan fingerprint density at radius 2 is 1.64 bits per heavy atom.